The van der Waals surface area contributed by atoms with Gasteiger partial charge in [-0.3, -0.25) is 14.9 Å². The van der Waals surface area contributed by atoms with Crippen LogP contribution in [0.25, 0.3) is 0 Å². The number of nitro groups is 1. The fourth-order valence-electron chi connectivity index (χ4n) is 2.62. The number of hydrogen-bond acceptors (Lipinski definition) is 5. The minimum atomic E-state index is -0.525. The molecule has 27 heavy (non-hydrogen) atoms. The molecule has 2 N–H and O–H groups in total. The van der Waals surface area contributed by atoms with Crippen LogP contribution in [0, 0.1) is 10.1 Å². The number of carbonyl (C=O) groups excluding carboxylic acids is 1. The molecule has 2 aromatic carbocycles. The maximum atomic E-state index is 12.1. The van der Waals surface area contributed by atoms with Crippen molar-refractivity contribution >= 4 is 17.8 Å². The number of aromatic hydroxyl groups is 1. The largest absolute Gasteiger partial charge is 0.507 e. The van der Waals surface area contributed by atoms with Crippen LogP contribution < -0.4 is 5.43 Å². The standard InChI is InChI=1S/C20H23N3O4/c1-12(2)17-9-14(10-18(13(3)4)19(17)24)11-21-22-20(25)15-5-7-16(8-6-15)23(26)27/h5-13,24H,1-4H3,(H,22,25)/b21-11-. The second kappa shape index (κ2) is 8.44. The van der Waals surface area contributed by atoms with Gasteiger partial charge in [0.1, 0.15) is 5.75 Å². The van der Waals surface area contributed by atoms with E-state index in [0.29, 0.717) is 5.75 Å². The molecule has 0 saturated heterocycles. The molecule has 2 aromatic rings. The third-order valence-corrected chi connectivity index (χ3v) is 4.16. The Balaban J connectivity index is 2.17. The Kier molecular flexibility index (Phi) is 6.28. The first-order chi connectivity index (χ1) is 12.7. The van der Waals surface area contributed by atoms with Gasteiger partial charge in [0.15, 0.2) is 0 Å². The van der Waals surface area contributed by atoms with Gasteiger partial charge in [0.05, 0.1) is 11.1 Å². The molecule has 1 amide bonds. The molecular weight excluding hydrogens is 346 g/mol. The van der Waals surface area contributed by atoms with Crippen LogP contribution in [-0.2, 0) is 0 Å². The van der Waals surface area contributed by atoms with E-state index < -0.39 is 10.8 Å². The monoisotopic (exact) mass is 369 g/mol. The molecule has 0 fully saturated rings. The molecule has 142 valence electrons. The first-order valence-electron chi connectivity index (χ1n) is 8.65. The number of amides is 1. The zero-order chi connectivity index (χ0) is 20.1. The van der Waals surface area contributed by atoms with Crippen LogP contribution in [-0.4, -0.2) is 22.2 Å². The Bertz CT molecular complexity index is 842. The number of phenolic OH excluding ortho intramolecular Hbond substituents is 1. The van der Waals surface area contributed by atoms with Crippen molar-refractivity contribution in [2.75, 3.05) is 0 Å². The molecular formula is C20H23N3O4. The zero-order valence-electron chi connectivity index (χ0n) is 15.8. The molecule has 0 spiro atoms. The number of nitrogens with one attached hydrogen (secondary N) is 1. The highest BCUT2D eigenvalue weighted by Gasteiger charge is 2.14. The summed E-state index contributed by atoms with van der Waals surface area (Å²) in [4.78, 5) is 22.2. The van der Waals surface area contributed by atoms with Gasteiger partial charge in [0.25, 0.3) is 11.6 Å². The van der Waals surface area contributed by atoms with E-state index in [4.69, 9.17) is 0 Å². The molecule has 0 atom stereocenters. The Hall–Kier alpha value is -3.22. The van der Waals surface area contributed by atoms with Crippen molar-refractivity contribution in [3.8, 4) is 5.75 Å². The number of non-ortho nitro benzene ring substituents is 1. The van der Waals surface area contributed by atoms with Gasteiger partial charge in [0.2, 0.25) is 0 Å². The Morgan fingerprint density at radius 1 is 1.11 bits per heavy atom. The van der Waals surface area contributed by atoms with E-state index in [0.717, 1.165) is 16.7 Å². The first-order valence-corrected chi connectivity index (χ1v) is 8.65. The van der Waals surface area contributed by atoms with Crippen LogP contribution in [0.3, 0.4) is 0 Å². The van der Waals surface area contributed by atoms with Gasteiger partial charge in [-0.1, -0.05) is 27.7 Å². The lowest BCUT2D eigenvalue weighted by Gasteiger charge is -2.16. The lowest BCUT2D eigenvalue weighted by Crippen LogP contribution is -2.17. The molecule has 0 unspecified atom stereocenters. The molecule has 0 aliphatic carbocycles. The number of hydrogen-bond donors (Lipinski definition) is 2. The van der Waals surface area contributed by atoms with Gasteiger partial charge in [-0.05, 0) is 52.8 Å². The van der Waals surface area contributed by atoms with Crippen LogP contribution in [0.4, 0.5) is 5.69 Å². The molecule has 0 heterocycles. The third-order valence-electron chi connectivity index (χ3n) is 4.16. The maximum absolute atomic E-state index is 12.1. The van der Waals surface area contributed by atoms with Crippen LogP contribution in [0.5, 0.6) is 5.75 Å². The molecule has 0 bridgehead atoms. The normalized spacial score (nSPS) is 11.3. The predicted molar refractivity (Wildman–Crippen MR) is 104 cm³/mol. The van der Waals surface area contributed by atoms with Crippen molar-refractivity contribution in [3.63, 3.8) is 0 Å². The highest BCUT2D eigenvalue weighted by Crippen LogP contribution is 2.34. The summed E-state index contributed by atoms with van der Waals surface area (Å²) in [6, 6.07) is 8.96. The van der Waals surface area contributed by atoms with Crippen LogP contribution in [0.1, 0.15) is 66.6 Å². The van der Waals surface area contributed by atoms with Gasteiger partial charge in [-0.2, -0.15) is 5.10 Å². The molecule has 0 radical (unpaired) electrons. The topological polar surface area (TPSA) is 105 Å². The Morgan fingerprint density at radius 2 is 1.63 bits per heavy atom. The number of rotatable bonds is 6. The lowest BCUT2D eigenvalue weighted by atomic mass is 9.92. The van der Waals surface area contributed by atoms with Crippen LogP contribution in [0.15, 0.2) is 41.5 Å². The number of nitro benzene ring substituents is 1. The van der Waals surface area contributed by atoms with E-state index in [1.165, 1.54) is 30.5 Å². The zero-order valence-corrected chi connectivity index (χ0v) is 15.8. The van der Waals surface area contributed by atoms with Crippen molar-refractivity contribution in [3.05, 3.63) is 68.8 Å². The van der Waals surface area contributed by atoms with Crippen molar-refractivity contribution in [2.45, 2.75) is 39.5 Å². The fraction of sp³-hybridized carbons (Fsp3) is 0.300. The highest BCUT2D eigenvalue weighted by molar-refractivity contribution is 5.95. The van der Waals surface area contributed by atoms with Crippen LogP contribution >= 0.6 is 0 Å². The maximum Gasteiger partial charge on any atom is 0.271 e. The quantitative estimate of drug-likeness (QED) is 0.449. The highest BCUT2D eigenvalue weighted by atomic mass is 16.6. The molecule has 7 heteroatoms. The van der Waals surface area contributed by atoms with Gasteiger partial charge < -0.3 is 5.11 Å². The molecule has 0 aliphatic heterocycles. The third kappa shape index (κ3) is 4.91. The van der Waals surface area contributed by atoms with Gasteiger partial charge in [-0.15, -0.1) is 0 Å². The van der Waals surface area contributed by atoms with Crippen molar-refractivity contribution < 1.29 is 14.8 Å². The van der Waals surface area contributed by atoms with E-state index in [2.05, 4.69) is 10.5 Å². The molecule has 0 aromatic heterocycles. The fourth-order valence-corrected chi connectivity index (χ4v) is 2.62. The van der Waals surface area contributed by atoms with Gasteiger partial charge in [-0.25, -0.2) is 5.43 Å². The SMILES string of the molecule is CC(C)c1cc(/C=N\NC(=O)c2ccc([N+](=O)[O-])cc2)cc(C(C)C)c1O. The molecule has 2 rings (SSSR count). The Morgan fingerprint density at radius 3 is 2.07 bits per heavy atom. The smallest absolute Gasteiger partial charge is 0.271 e. The van der Waals surface area contributed by atoms with E-state index >= 15 is 0 Å². The summed E-state index contributed by atoms with van der Waals surface area (Å²) in [5, 5.41) is 25.0. The summed E-state index contributed by atoms with van der Waals surface area (Å²) in [5.41, 5.74) is 5.01. The summed E-state index contributed by atoms with van der Waals surface area (Å²) in [7, 11) is 0. The summed E-state index contributed by atoms with van der Waals surface area (Å²) in [5.74, 6) is 0.122. The number of nitrogens with zero attached hydrogens (tertiary/aromatic N) is 2. The van der Waals surface area contributed by atoms with E-state index in [1.54, 1.807) is 0 Å². The number of benzene rings is 2. The first kappa shape index (κ1) is 20.1. The lowest BCUT2D eigenvalue weighted by molar-refractivity contribution is -0.384. The molecule has 0 aliphatic rings. The summed E-state index contributed by atoms with van der Waals surface area (Å²) in [6.45, 7) is 7.99. The van der Waals surface area contributed by atoms with Crippen molar-refractivity contribution in [1.29, 1.82) is 0 Å². The molecule has 7 nitrogen and oxygen atoms in total. The van der Waals surface area contributed by atoms with E-state index in [1.807, 2.05) is 39.8 Å². The number of carbonyl (C=O) groups is 1. The van der Waals surface area contributed by atoms with E-state index in [9.17, 15) is 20.0 Å². The molecule has 0 saturated carbocycles. The summed E-state index contributed by atoms with van der Waals surface area (Å²) < 4.78 is 0. The minimum absolute atomic E-state index is 0.0819. The second-order valence-electron chi connectivity index (χ2n) is 6.86. The Labute approximate surface area is 157 Å². The van der Waals surface area contributed by atoms with Crippen molar-refractivity contribution in [1.82, 2.24) is 5.43 Å². The minimum Gasteiger partial charge on any atom is -0.507 e. The average Bonchev–Trinajstić information content (AvgIpc) is 2.62. The summed E-state index contributed by atoms with van der Waals surface area (Å²) >= 11 is 0. The second-order valence-corrected chi connectivity index (χ2v) is 6.86. The van der Waals surface area contributed by atoms with Crippen LogP contribution in [0.2, 0.25) is 0 Å². The average molecular weight is 369 g/mol. The predicted octanol–water partition coefficient (Wildman–Crippen LogP) is 4.31. The number of phenols is 1. The number of hydrazone groups is 1. The van der Waals surface area contributed by atoms with E-state index in [-0.39, 0.29) is 23.1 Å². The van der Waals surface area contributed by atoms with Crippen molar-refractivity contribution in [2.24, 2.45) is 5.10 Å². The van der Waals surface area contributed by atoms with Gasteiger partial charge in [0, 0.05) is 17.7 Å². The summed E-state index contributed by atoms with van der Waals surface area (Å²) in [6.07, 6.45) is 1.51. The van der Waals surface area contributed by atoms with Gasteiger partial charge >= 0.3 is 0 Å².